The van der Waals surface area contributed by atoms with Crippen LogP contribution in [0.2, 0.25) is 0 Å². The van der Waals surface area contributed by atoms with E-state index in [1.165, 1.54) is 18.4 Å². The van der Waals surface area contributed by atoms with Gasteiger partial charge in [0.05, 0.1) is 0 Å². The van der Waals surface area contributed by atoms with Crippen LogP contribution in [0, 0.1) is 0 Å². The molecule has 0 saturated carbocycles. The summed E-state index contributed by atoms with van der Waals surface area (Å²) < 4.78 is 0. The number of benzene rings is 1. The standard InChI is InChI=1S/C9H12.3CH4/c1-2-6-9-7-4-3-5-8-9;;;/h3-5,7-8H,2,6H2,1H3;3*1H4. The van der Waals surface area contributed by atoms with Gasteiger partial charge in [-0.3, -0.25) is 0 Å². The van der Waals surface area contributed by atoms with E-state index in [2.05, 4.69) is 37.3 Å². The molecule has 0 nitrogen and oxygen atoms in total. The van der Waals surface area contributed by atoms with E-state index < -0.39 is 0 Å². The summed E-state index contributed by atoms with van der Waals surface area (Å²) in [7, 11) is 0. The van der Waals surface area contributed by atoms with Crippen LogP contribution in [0.4, 0.5) is 0 Å². The molecule has 0 aliphatic carbocycles. The van der Waals surface area contributed by atoms with E-state index in [0.29, 0.717) is 0 Å². The van der Waals surface area contributed by atoms with Gasteiger partial charge in [0.25, 0.3) is 0 Å². The molecule has 0 aliphatic rings. The van der Waals surface area contributed by atoms with Gasteiger partial charge in [0.1, 0.15) is 0 Å². The Labute approximate surface area is 78.6 Å². The number of rotatable bonds is 2. The van der Waals surface area contributed by atoms with Gasteiger partial charge in [0, 0.05) is 0 Å². The molecule has 0 bridgehead atoms. The molecule has 0 saturated heterocycles. The fourth-order valence-corrected chi connectivity index (χ4v) is 0.933. The SMILES string of the molecule is C.C.C.CCCc1ccccc1. The minimum absolute atomic E-state index is 0. The summed E-state index contributed by atoms with van der Waals surface area (Å²) in [6.07, 6.45) is 2.45. The van der Waals surface area contributed by atoms with Crippen molar-refractivity contribution in [1.82, 2.24) is 0 Å². The van der Waals surface area contributed by atoms with Crippen molar-refractivity contribution in [3.8, 4) is 0 Å². The molecular weight excluding hydrogens is 144 g/mol. The van der Waals surface area contributed by atoms with Gasteiger partial charge in [-0.05, 0) is 12.0 Å². The van der Waals surface area contributed by atoms with Gasteiger partial charge in [-0.2, -0.15) is 0 Å². The number of hydrogen-bond donors (Lipinski definition) is 0. The van der Waals surface area contributed by atoms with Gasteiger partial charge >= 0.3 is 0 Å². The number of aryl methyl sites for hydroxylation is 1. The molecule has 72 valence electrons. The maximum atomic E-state index is 2.20. The van der Waals surface area contributed by atoms with Crippen LogP contribution < -0.4 is 0 Å². The van der Waals surface area contributed by atoms with Crippen LogP contribution in [-0.2, 0) is 6.42 Å². The van der Waals surface area contributed by atoms with Crippen molar-refractivity contribution in [3.63, 3.8) is 0 Å². The van der Waals surface area contributed by atoms with E-state index in [-0.39, 0.29) is 22.3 Å². The smallest absolute Gasteiger partial charge is 0.0281 e. The van der Waals surface area contributed by atoms with Crippen molar-refractivity contribution in [2.24, 2.45) is 0 Å². The zero-order chi connectivity index (χ0) is 6.53. The van der Waals surface area contributed by atoms with E-state index in [1.807, 2.05) is 0 Å². The molecule has 0 unspecified atom stereocenters. The Balaban J connectivity index is -0.000000270. The maximum Gasteiger partial charge on any atom is -0.0281 e. The Bertz CT molecular complexity index is 153. The first-order valence-electron chi connectivity index (χ1n) is 3.47. The third-order valence-corrected chi connectivity index (χ3v) is 1.38. The third-order valence-electron chi connectivity index (χ3n) is 1.38. The highest BCUT2D eigenvalue weighted by molar-refractivity contribution is 5.14. The largest absolute Gasteiger partial charge is 0.0776 e. The van der Waals surface area contributed by atoms with Crippen LogP contribution in [-0.4, -0.2) is 0 Å². The van der Waals surface area contributed by atoms with Crippen molar-refractivity contribution >= 4 is 0 Å². The molecule has 0 aliphatic heterocycles. The van der Waals surface area contributed by atoms with E-state index in [9.17, 15) is 0 Å². The summed E-state index contributed by atoms with van der Waals surface area (Å²) in [5.74, 6) is 0. The summed E-state index contributed by atoms with van der Waals surface area (Å²) in [6.45, 7) is 2.20. The molecule has 0 atom stereocenters. The second-order valence-corrected chi connectivity index (χ2v) is 2.24. The molecule has 0 spiro atoms. The van der Waals surface area contributed by atoms with Crippen molar-refractivity contribution in [2.75, 3.05) is 0 Å². The lowest BCUT2D eigenvalue weighted by Gasteiger charge is -1.93. The van der Waals surface area contributed by atoms with Crippen LogP contribution in [0.5, 0.6) is 0 Å². The van der Waals surface area contributed by atoms with E-state index in [1.54, 1.807) is 0 Å². The fourth-order valence-electron chi connectivity index (χ4n) is 0.933. The lowest BCUT2D eigenvalue weighted by atomic mass is 10.1. The van der Waals surface area contributed by atoms with Crippen molar-refractivity contribution in [3.05, 3.63) is 35.9 Å². The summed E-state index contributed by atoms with van der Waals surface area (Å²) in [6, 6.07) is 10.6. The fraction of sp³-hybridized carbons (Fsp3) is 0.500. The van der Waals surface area contributed by atoms with Crippen molar-refractivity contribution in [2.45, 2.75) is 42.0 Å². The predicted octanol–water partition coefficient (Wildman–Crippen LogP) is 4.55. The van der Waals surface area contributed by atoms with Crippen LogP contribution in [0.3, 0.4) is 0 Å². The molecular formula is C12H24. The maximum absolute atomic E-state index is 2.20. The van der Waals surface area contributed by atoms with Gasteiger partial charge in [0.2, 0.25) is 0 Å². The first kappa shape index (κ1) is 17.3. The van der Waals surface area contributed by atoms with Crippen LogP contribution in [0.25, 0.3) is 0 Å². The minimum Gasteiger partial charge on any atom is -0.0776 e. The molecule has 1 rings (SSSR count). The lowest BCUT2D eigenvalue weighted by Crippen LogP contribution is -1.78. The monoisotopic (exact) mass is 168 g/mol. The summed E-state index contributed by atoms with van der Waals surface area (Å²) in [5.41, 5.74) is 1.44. The van der Waals surface area contributed by atoms with Crippen molar-refractivity contribution in [1.29, 1.82) is 0 Å². The van der Waals surface area contributed by atoms with E-state index in [0.717, 1.165) is 0 Å². The normalized spacial score (nSPS) is 7.08. The molecule has 1 aromatic carbocycles. The molecule has 0 amide bonds. The van der Waals surface area contributed by atoms with Gasteiger partial charge in [-0.25, -0.2) is 0 Å². The second-order valence-electron chi connectivity index (χ2n) is 2.24. The highest BCUT2D eigenvalue weighted by atomic mass is 13.9. The van der Waals surface area contributed by atoms with Gasteiger partial charge in [-0.1, -0.05) is 66.0 Å². The van der Waals surface area contributed by atoms with Gasteiger partial charge in [0.15, 0.2) is 0 Å². The second kappa shape index (κ2) is 10.2. The Morgan fingerprint density at radius 1 is 0.917 bits per heavy atom. The van der Waals surface area contributed by atoms with Crippen LogP contribution in [0.1, 0.15) is 41.2 Å². The zero-order valence-corrected chi connectivity index (χ0v) is 5.80. The third kappa shape index (κ3) is 5.96. The predicted molar refractivity (Wildman–Crippen MR) is 60.6 cm³/mol. The highest BCUT2D eigenvalue weighted by Crippen LogP contribution is 2.00. The van der Waals surface area contributed by atoms with E-state index in [4.69, 9.17) is 0 Å². The summed E-state index contributed by atoms with van der Waals surface area (Å²) >= 11 is 0. The Hall–Kier alpha value is -0.780. The first-order chi connectivity index (χ1) is 4.43. The lowest BCUT2D eigenvalue weighted by molar-refractivity contribution is 0.922. The molecule has 0 heterocycles. The molecule has 0 heteroatoms. The average molecular weight is 168 g/mol. The van der Waals surface area contributed by atoms with Crippen molar-refractivity contribution < 1.29 is 0 Å². The molecule has 0 N–H and O–H groups in total. The molecule has 0 fully saturated rings. The first-order valence-corrected chi connectivity index (χ1v) is 3.47. The minimum atomic E-state index is 0. The highest BCUT2D eigenvalue weighted by Gasteiger charge is 1.84. The Kier molecular flexibility index (Phi) is 14.8. The average Bonchev–Trinajstić information content (AvgIpc) is 1.91. The van der Waals surface area contributed by atoms with E-state index >= 15 is 0 Å². The Morgan fingerprint density at radius 2 is 1.42 bits per heavy atom. The molecule has 0 aromatic heterocycles. The molecule has 12 heavy (non-hydrogen) atoms. The number of hydrogen-bond acceptors (Lipinski definition) is 0. The topological polar surface area (TPSA) is 0 Å². The van der Waals surface area contributed by atoms with Gasteiger partial charge < -0.3 is 0 Å². The van der Waals surface area contributed by atoms with Crippen LogP contribution in [0.15, 0.2) is 30.3 Å². The van der Waals surface area contributed by atoms with Crippen LogP contribution >= 0.6 is 0 Å². The summed E-state index contributed by atoms with van der Waals surface area (Å²) in [5, 5.41) is 0. The summed E-state index contributed by atoms with van der Waals surface area (Å²) in [4.78, 5) is 0. The zero-order valence-electron chi connectivity index (χ0n) is 5.80. The quantitative estimate of drug-likeness (QED) is 0.608. The molecule has 0 radical (unpaired) electrons. The molecule has 1 aromatic rings. The van der Waals surface area contributed by atoms with Gasteiger partial charge in [-0.15, -0.1) is 0 Å². The Morgan fingerprint density at radius 3 is 1.83 bits per heavy atom.